The average Bonchev–Trinajstić information content (AvgIpc) is 2.66. The molecule has 16 heavy (non-hydrogen) atoms. The van der Waals surface area contributed by atoms with Crippen LogP contribution in [0.3, 0.4) is 0 Å². The second kappa shape index (κ2) is 5.19. The Kier molecular flexibility index (Phi) is 3.86. The number of nitrogens with one attached hydrogen (secondary N) is 1. The highest BCUT2D eigenvalue weighted by Gasteiger charge is 2.20. The van der Waals surface area contributed by atoms with Crippen LogP contribution in [0.4, 0.5) is 0 Å². The number of aliphatic imine (C=N–C) groups is 1. The maximum Gasteiger partial charge on any atom is 0.157 e. The lowest BCUT2D eigenvalue weighted by Gasteiger charge is -2.28. The first-order valence-corrected chi connectivity index (χ1v) is 7.36. The Bertz CT molecular complexity index is 386. The highest BCUT2D eigenvalue weighted by molar-refractivity contribution is 8.13. The number of aryl methyl sites for hydroxylation is 1. The monoisotopic (exact) mass is 255 g/mol. The van der Waals surface area contributed by atoms with Crippen LogP contribution in [0.2, 0.25) is 0 Å². The van der Waals surface area contributed by atoms with Crippen molar-refractivity contribution >= 4 is 28.3 Å². The van der Waals surface area contributed by atoms with Crippen molar-refractivity contribution in [2.75, 3.05) is 5.75 Å². The summed E-state index contributed by atoms with van der Waals surface area (Å²) in [5.74, 6) is 1.88. The summed E-state index contributed by atoms with van der Waals surface area (Å²) in [5.41, 5.74) is 2.99. The number of thiazole rings is 1. The molecule has 1 fully saturated rings. The zero-order chi connectivity index (χ0) is 11.5. The third kappa shape index (κ3) is 2.77. The molecular formula is C11H17N3S2. The van der Waals surface area contributed by atoms with Crippen LogP contribution in [0.1, 0.15) is 24.4 Å². The van der Waals surface area contributed by atoms with Gasteiger partial charge in [-0.15, -0.1) is 11.3 Å². The van der Waals surface area contributed by atoms with Crippen LogP contribution < -0.4 is 5.32 Å². The number of amidine groups is 1. The number of aromatic nitrogens is 1. The molecule has 0 saturated carbocycles. The second-order valence-electron chi connectivity index (χ2n) is 4.20. The van der Waals surface area contributed by atoms with Crippen LogP contribution in [0.15, 0.2) is 10.5 Å². The third-order valence-electron chi connectivity index (χ3n) is 2.90. The van der Waals surface area contributed by atoms with Gasteiger partial charge in [0.25, 0.3) is 0 Å². The lowest BCUT2D eigenvalue weighted by molar-refractivity contribution is 0.490. The van der Waals surface area contributed by atoms with Crippen molar-refractivity contribution in [3.05, 3.63) is 16.1 Å². The molecule has 2 rings (SSSR count). The minimum atomic E-state index is 0.530. The first-order valence-electron chi connectivity index (χ1n) is 5.49. The van der Waals surface area contributed by atoms with Crippen LogP contribution in [0.5, 0.6) is 0 Å². The van der Waals surface area contributed by atoms with Gasteiger partial charge in [-0.25, -0.2) is 4.98 Å². The molecule has 1 saturated heterocycles. The number of thioether (sulfide) groups is 1. The van der Waals surface area contributed by atoms with Crippen molar-refractivity contribution in [2.45, 2.75) is 33.4 Å². The summed E-state index contributed by atoms with van der Waals surface area (Å²) in [6.45, 7) is 7.29. The molecular weight excluding hydrogens is 238 g/mol. The summed E-state index contributed by atoms with van der Waals surface area (Å²) < 4.78 is 0. The molecule has 0 bridgehead atoms. The SMILES string of the molecule is Cc1ncsc1CN=C1NC(C)C(C)CS1. The Morgan fingerprint density at radius 2 is 2.38 bits per heavy atom. The Morgan fingerprint density at radius 3 is 3.00 bits per heavy atom. The van der Waals surface area contributed by atoms with Gasteiger partial charge in [0.15, 0.2) is 5.17 Å². The van der Waals surface area contributed by atoms with Crippen molar-refractivity contribution in [2.24, 2.45) is 10.9 Å². The van der Waals surface area contributed by atoms with Crippen LogP contribution in [0, 0.1) is 12.8 Å². The van der Waals surface area contributed by atoms with E-state index in [1.165, 1.54) is 4.88 Å². The van der Waals surface area contributed by atoms with Crippen LogP contribution in [0.25, 0.3) is 0 Å². The molecule has 2 heterocycles. The normalized spacial score (nSPS) is 28.1. The van der Waals surface area contributed by atoms with E-state index in [2.05, 4.69) is 29.1 Å². The van der Waals surface area contributed by atoms with Crippen molar-refractivity contribution in [3.8, 4) is 0 Å². The summed E-state index contributed by atoms with van der Waals surface area (Å²) in [7, 11) is 0. The molecule has 1 N–H and O–H groups in total. The maximum atomic E-state index is 4.61. The fraction of sp³-hybridized carbons (Fsp3) is 0.636. The quantitative estimate of drug-likeness (QED) is 0.883. The first-order chi connectivity index (χ1) is 7.66. The van der Waals surface area contributed by atoms with E-state index in [4.69, 9.17) is 0 Å². The summed E-state index contributed by atoms with van der Waals surface area (Å²) in [6, 6.07) is 0.530. The third-order valence-corrected chi connectivity index (χ3v) is 5.03. The maximum absolute atomic E-state index is 4.61. The zero-order valence-electron chi connectivity index (χ0n) is 9.86. The summed E-state index contributed by atoms with van der Waals surface area (Å²) in [6.07, 6.45) is 0. The summed E-state index contributed by atoms with van der Waals surface area (Å²) in [4.78, 5) is 10.1. The van der Waals surface area contributed by atoms with Gasteiger partial charge in [0.2, 0.25) is 0 Å². The van der Waals surface area contributed by atoms with Gasteiger partial charge in [-0.2, -0.15) is 0 Å². The highest BCUT2D eigenvalue weighted by atomic mass is 32.2. The average molecular weight is 255 g/mol. The predicted octanol–water partition coefficient (Wildman–Crippen LogP) is 2.67. The molecule has 3 nitrogen and oxygen atoms in total. The topological polar surface area (TPSA) is 37.3 Å². The standard InChI is InChI=1S/C11H17N3S2/c1-7-5-15-11(14-8(7)2)12-4-10-9(3)13-6-16-10/h6-8H,4-5H2,1-3H3,(H,12,14). The first kappa shape index (κ1) is 11.9. The fourth-order valence-corrected chi connectivity index (χ4v) is 3.28. The molecule has 1 aromatic rings. The molecule has 5 heteroatoms. The van der Waals surface area contributed by atoms with Crippen molar-refractivity contribution in [3.63, 3.8) is 0 Å². The Labute approximate surface area is 105 Å². The molecule has 1 aliphatic heterocycles. The Balaban J connectivity index is 1.96. The van der Waals surface area contributed by atoms with Gasteiger partial charge in [0.1, 0.15) is 0 Å². The minimum absolute atomic E-state index is 0.530. The van der Waals surface area contributed by atoms with E-state index < -0.39 is 0 Å². The molecule has 0 aromatic carbocycles. The summed E-state index contributed by atoms with van der Waals surface area (Å²) >= 11 is 3.51. The number of hydrogen-bond donors (Lipinski definition) is 1. The fourth-order valence-electron chi connectivity index (χ4n) is 1.45. The molecule has 2 unspecified atom stereocenters. The predicted molar refractivity (Wildman–Crippen MR) is 72.2 cm³/mol. The molecule has 1 aliphatic rings. The van der Waals surface area contributed by atoms with Crippen molar-refractivity contribution < 1.29 is 0 Å². The molecule has 0 radical (unpaired) electrons. The lowest BCUT2D eigenvalue weighted by atomic mass is 10.1. The van der Waals surface area contributed by atoms with Crippen LogP contribution >= 0.6 is 23.1 Å². The van der Waals surface area contributed by atoms with Crippen LogP contribution in [-0.4, -0.2) is 21.9 Å². The van der Waals surface area contributed by atoms with E-state index in [1.54, 1.807) is 11.3 Å². The molecule has 88 valence electrons. The second-order valence-corrected chi connectivity index (χ2v) is 6.15. The molecule has 1 aromatic heterocycles. The van der Waals surface area contributed by atoms with E-state index in [1.807, 2.05) is 24.2 Å². The van der Waals surface area contributed by atoms with E-state index >= 15 is 0 Å². The van der Waals surface area contributed by atoms with E-state index in [-0.39, 0.29) is 0 Å². The van der Waals surface area contributed by atoms with Gasteiger partial charge in [-0.3, -0.25) is 4.99 Å². The summed E-state index contributed by atoms with van der Waals surface area (Å²) in [5, 5.41) is 4.53. The Morgan fingerprint density at radius 1 is 1.56 bits per heavy atom. The van der Waals surface area contributed by atoms with Gasteiger partial charge in [-0.1, -0.05) is 18.7 Å². The van der Waals surface area contributed by atoms with Crippen molar-refractivity contribution in [1.29, 1.82) is 0 Å². The minimum Gasteiger partial charge on any atom is -0.362 e. The molecule has 0 amide bonds. The van der Waals surface area contributed by atoms with Crippen LogP contribution in [-0.2, 0) is 6.54 Å². The lowest BCUT2D eigenvalue weighted by Crippen LogP contribution is -2.41. The molecule has 0 spiro atoms. The number of hydrogen-bond acceptors (Lipinski definition) is 4. The van der Waals surface area contributed by atoms with Gasteiger partial charge in [-0.05, 0) is 19.8 Å². The number of rotatable bonds is 2. The van der Waals surface area contributed by atoms with E-state index in [0.717, 1.165) is 23.2 Å². The van der Waals surface area contributed by atoms with Gasteiger partial charge >= 0.3 is 0 Å². The number of nitrogens with zero attached hydrogens (tertiary/aromatic N) is 2. The van der Waals surface area contributed by atoms with Crippen molar-refractivity contribution in [1.82, 2.24) is 10.3 Å². The van der Waals surface area contributed by atoms with Gasteiger partial charge in [0.05, 0.1) is 17.7 Å². The van der Waals surface area contributed by atoms with Gasteiger partial charge in [0, 0.05) is 16.7 Å². The van der Waals surface area contributed by atoms with Gasteiger partial charge < -0.3 is 5.32 Å². The Hall–Kier alpha value is -0.550. The van der Waals surface area contributed by atoms with E-state index in [9.17, 15) is 0 Å². The van der Waals surface area contributed by atoms with E-state index in [0.29, 0.717) is 12.0 Å². The highest BCUT2D eigenvalue weighted by Crippen LogP contribution is 2.20. The molecule has 0 aliphatic carbocycles. The smallest absolute Gasteiger partial charge is 0.157 e. The largest absolute Gasteiger partial charge is 0.362 e. The molecule has 2 atom stereocenters. The zero-order valence-corrected chi connectivity index (χ0v) is 11.5.